The minimum absolute atomic E-state index is 0.278. The highest BCUT2D eigenvalue weighted by Gasteiger charge is 2.31. The van der Waals surface area contributed by atoms with Gasteiger partial charge in [0.15, 0.2) is 0 Å². The molecule has 0 aliphatic rings. The molecule has 0 saturated heterocycles. The number of ether oxygens (including phenoxy) is 1. The summed E-state index contributed by atoms with van der Waals surface area (Å²) in [5.74, 6) is 0.334. The zero-order valence-electron chi connectivity index (χ0n) is 11.9. The van der Waals surface area contributed by atoms with Crippen molar-refractivity contribution in [3.8, 4) is 11.4 Å². The molecule has 0 spiro atoms. The lowest BCUT2D eigenvalue weighted by molar-refractivity contribution is -0.274. The van der Waals surface area contributed by atoms with E-state index in [1.54, 1.807) is 4.68 Å². The lowest BCUT2D eigenvalue weighted by Crippen LogP contribution is -2.25. The van der Waals surface area contributed by atoms with Gasteiger partial charge in [-0.15, -0.1) is 18.3 Å². The maximum absolute atomic E-state index is 12.2. The van der Waals surface area contributed by atoms with Crippen molar-refractivity contribution in [3.63, 3.8) is 0 Å². The van der Waals surface area contributed by atoms with Crippen molar-refractivity contribution in [2.75, 3.05) is 18.0 Å². The van der Waals surface area contributed by atoms with Gasteiger partial charge in [-0.25, -0.2) is 0 Å². The second-order valence-corrected chi connectivity index (χ2v) is 5.02. The SMILES string of the molecule is CCN(CC)c1nc(Br)nn1-c1ccc(OC(F)(F)F)cc1. The summed E-state index contributed by atoms with van der Waals surface area (Å²) in [5.41, 5.74) is 0.592. The highest BCUT2D eigenvalue weighted by atomic mass is 79.9. The molecule has 1 aromatic carbocycles. The number of hydrogen-bond acceptors (Lipinski definition) is 4. The summed E-state index contributed by atoms with van der Waals surface area (Å²) in [6.07, 6.45) is -4.70. The molecule has 0 unspecified atom stereocenters. The molecule has 5 nitrogen and oxygen atoms in total. The Kier molecular flexibility index (Phi) is 4.94. The van der Waals surface area contributed by atoms with Gasteiger partial charge in [-0.2, -0.15) is 9.67 Å². The molecule has 0 atom stereocenters. The molecule has 1 heterocycles. The Balaban J connectivity index is 2.32. The molecule has 1 aromatic heterocycles. The first-order chi connectivity index (χ1) is 10.3. The van der Waals surface area contributed by atoms with Gasteiger partial charge in [-0.1, -0.05) is 0 Å². The van der Waals surface area contributed by atoms with Crippen molar-refractivity contribution in [1.82, 2.24) is 14.8 Å². The normalized spacial score (nSPS) is 11.5. The van der Waals surface area contributed by atoms with Crippen molar-refractivity contribution in [2.45, 2.75) is 20.2 Å². The van der Waals surface area contributed by atoms with Crippen LogP contribution in [0.4, 0.5) is 19.1 Å². The van der Waals surface area contributed by atoms with Crippen LogP contribution in [0.3, 0.4) is 0 Å². The third-order valence-corrected chi connectivity index (χ3v) is 3.26. The number of nitrogens with zero attached hydrogens (tertiary/aromatic N) is 4. The molecule has 120 valence electrons. The molecule has 0 N–H and O–H groups in total. The fourth-order valence-electron chi connectivity index (χ4n) is 1.95. The Hall–Kier alpha value is -1.77. The Morgan fingerprint density at radius 2 is 1.77 bits per heavy atom. The Bertz CT molecular complexity index is 623. The molecule has 0 radical (unpaired) electrons. The molecule has 0 bridgehead atoms. The van der Waals surface area contributed by atoms with E-state index in [4.69, 9.17) is 0 Å². The largest absolute Gasteiger partial charge is 0.573 e. The van der Waals surface area contributed by atoms with E-state index in [0.717, 1.165) is 13.1 Å². The monoisotopic (exact) mass is 378 g/mol. The van der Waals surface area contributed by atoms with Crippen molar-refractivity contribution < 1.29 is 17.9 Å². The first-order valence-electron chi connectivity index (χ1n) is 6.57. The average molecular weight is 379 g/mol. The minimum Gasteiger partial charge on any atom is -0.406 e. The number of hydrogen-bond donors (Lipinski definition) is 0. The second kappa shape index (κ2) is 6.55. The summed E-state index contributed by atoms with van der Waals surface area (Å²) in [4.78, 5) is 6.28. The minimum atomic E-state index is -4.70. The van der Waals surface area contributed by atoms with Crippen LogP contribution in [0.25, 0.3) is 5.69 Å². The van der Waals surface area contributed by atoms with Crippen LogP contribution in [0.1, 0.15) is 13.8 Å². The maximum atomic E-state index is 12.2. The standard InChI is InChI=1S/C13H14BrF3N4O/c1-3-20(4-2)12-18-11(14)19-21(12)9-5-7-10(8-6-9)22-13(15,16)17/h5-8H,3-4H2,1-2H3. The zero-order chi connectivity index (χ0) is 16.3. The van der Waals surface area contributed by atoms with E-state index < -0.39 is 6.36 Å². The predicted molar refractivity (Wildman–Crippen MR) is 79.3 cm³/mol. The van der Waals surface area contributed by atoms with E-state index in [-0.39, 0.29) is 5.75 Å². The highest BCUT2D eigenvalue weighted by molar-refractivity contribution is 9.10. The zero-order valence-corrected chi connectivity index (χ0v) is 13.5. The molecule has 22 heavy (non-hydrogen) atoms. The quantitative estimate of drug-likeness (QED) is 0.793. The number of alkyl halides is 3. The van der Waals surface area contributed by atoms with Gasteiger partial charge in [0.05, 0.1) is 5.69 Å². The Morgan fingerprint density at radius 3 is 2.27 bits per heavy atom. The lowest BCUT2D eigenvalue weighted by atomic mass is 10.3. The van der Waals surface area contributed by atoms with Gasteiger partial charge in [0.25, 0.3) is 0 Å². The molecule has 0 amide bonds. The smallest absolute Gasteiger partial charge is 0.406 e. The van der Waals surface area contributed by atoms with Crippen LogP contribution in [-0.2, 0) is 0 Å². The summed E-state index contributed by atoms with van der Waals surface area (Å²) in [7, 11) is 0. The van der Waals surface area contributed by atoms with E-state index in [0.29, 0.717) is 16.4 Å². The van der Waals surface area contributed by atoms with E-state index in [2.05, 4.69) is 30.7 Å². The van der Waals surface area contributed by atoms with Crippen LogP contribution >= 0.6 is 15.9 Å². The third-order valence-electron chi connectivity index (χ3n) is 2.93. The predicted octanol–water partition coefficient (Wildman–Crippen LogP) is 3.77. The van der Waals surface area contributed by atoms with Gasteiger partial charge in [0, 0.05) is 13.1 Å². The molecule has 9 heteroatoms. The van der Waals surface area contributed by atoms with Crippen molar-refractivity contribution in [2.24, 2.45) is 0 Å². The average Bonchev–Trinajstić information content (AvgIpc) is 2.81. The van der Waals surface area contributed by atoms with Crippen LogP contribution in [-0.4, -0.2) is 34.2 Å². The number of aromatic nitrogens is 3. The van der Waals surface area contributed by atoms with E-state index >= 15 is 0 Å². The molecular formula is C13H14BrF3N4O. The van der Waals surface area contributed by atoms with E-state index in [1.807, 2.05) is 18.7 Å². The van der Waals surface area contributed by atoms with Gasteiger partial charge in [0.1, 0.15) is 5.75 Å². The van der Waals surface area contributed by atoms with Crippen LogP contribution in [0.5, 0.6) is 5.75 Å². The second-order valence-electron chi connectivity index (χ2n) is 4.31. The Labute approximate surface area is 133 Å². The van der Waals surface area contributed by atoms with Gasteiger partial charge in [0.2, 0.25) is 10.7 Å². The summed E-state index contributed by atoms with van der Waals surface area (Å²) >= 11 is 3.22. The van der Waals surface area contributed by atoms with Gasteiger partial charge in [-0.05, 0) is 54.0 Å². The molecule has 0 saturated carbocycles. The summed E-state index contributed by atoms with van der Waals surface area (Å²) < 4.78 is 42.3. The number of benzene rings is 1. The fourth-order valence-corrected chi connectivity index (χ4v) is 2.27. The van der Waals surface area contributed by atoms with Crippen LogP contribution in [0.2, 0.25) is 0 Å². The molecule has 0 aliphatic carbocycles. The number of rotatable bonds is 5. The molecule has 2 aromatic rings. The van der Waals surface area contributed by atoms with Gasteiger partial charge in [-0.3, -0.25) is 0 Å². The van der Waals surface area contributed by atoms with Gasteiger partial charge < -0.3 is 9.64 Å². The number of halogens is 4. The first-order valence-corrected chi connectivity index (χ1v) is 7.37. The molecule has 0 fully saturated rings. The first kappa shape index (κ1) is 16.6. The highest BCUT2D eigenvalue weighted by Crippen LogP contribution is 2.25. The van der Waals surface area contributed by atoms with Crippen LogP contribution in [0.15, 0.2) is 29.0 Å². The van der Waals surface area contributed by atoms with Crippen LogP contribution < -0.4 is 9.64 Å². The molecule has 0 aliphatic heterocycles. The fraction of sp³-hybridized carbons (Fsp3) is 0.385. The lowest BCUT2D eigenvalue weighted by Gasteiger charge is -2.19. The van der Waals surface area contributed by atoms with E-state index in [9.17, 15) is 13.2 Å². The van der Waals surface area contributed by atoms with Crippen LogP contribution in [0, 0.1) is 0 Å². The van der Waals surface area contributed by atoms with Crippen molar-refractivity contribution >= 4 is 21.9 Å². The summed E-state index contributed by atoms with van der Waals surface area (Å²) in [6.45, 7) is 5.43. The topological polar surface area (TPSA) is 43.2 Å². The Morgan fingerprint density at radius 1 is 1.18 bits per heavy atom. The molecule has 2 rings (SSSR count). The maximum Gasteiger partial charge on any atom is 0.573 e. The third kappa shape index (κ3) is 3.90. The summed E-state index contributed by atoms with van der Waals surface area (Å²) in [6, 6.07) is 5.47. The van der Waals surface area contributed by atoms with Crippen molar-refractivity contribution in [1.29, 1.82) is 0 Å². The summed E-state index contributed by atoms with van der Waals surface area (Å²) in [5, 5.41) is 4.22. The van der Waals surface area contributed by atoms with E-state index in [1.165, 1.54) is 24.3 Å². The van der Waals surface area contributed by atoms with Gasteiger partial charge >= 0.3 is 6.36 Å². The molecular weight excluding hydrogens is 365 g/mol. The van der Waals surface area contributed by atoms with Crippen molar-refractivity contribution in [3.05, 3.63) is 29.0 Å². The number of anilines is 1.